The van der Waals surface area contributed by atoms with Gasteiger partial charge in [-0.15, -0.1) is 5.10 Å². The van der Waals surface area contributed by atoms with E-state index in [2.05, 4.69) is 17.2 Å². The van der Waals surface area contributed by atoms with Crippen LogP contribution >= 0.6 is 12.2 Å². The molecule has 0 saturated carbocycles. The van der Waals surface area contributed by atoms with E-state index in [0.29, 0.717) is 29.3 Å². The highest BCUT2D eigenvalue weighted by molar-refractivity contribution is 7.71. The highest BCUT2D eigenvalue weighted by Crippen LogP contribution is 2.29. The minimum absolute atomic E-state index is 0.346. The summed E-state index contributed by atoms with van der Waals surface area (Å²) in [7, 11) is 0. The summed E-state index contributed by atoms with van der Waals surface area (Å²) >= 11 is 5.62. The molecule has 6 heteroatoms. The second-order valence-corrected chi connectivity index (χ2v) is 6.43. The van der Waals surface area contributed by atoms with Crippen LogP contribution in [-0.2, 0) is 6.54 Å². The SMILES string of the molecule is Cc1ccc2oc(-c3nn(CCC#N)c(=S)n3-c3ccccc3)cc2c1. The third-order valence-corrected chi connectivity index (χ3v) is 4.57. The van der Waals surface area contributed by atoms with Gasteiger partial charge >= 0.3 is 0 Å². The summed E-state index contributed by atoms with van der Waals surface area (Å²) in [4.78, 5) is 0. The maximum atomic E-state index is 8.90. The molecule has 0 aliphatic rings. The zero-order chi connectivity index (χ0) is 18.1. The normalized spacial score (nSPS) is 10.9. The van der Waals surface area contributed by atoms with Crippen molar-refractivity contribution in [2.45, 2.75) is 19.9 Å². The average Bonchev–Trinajstić information content (AvgIpc) is 3.21. The molecular weight excluding hydrogens is 344 g/mol. The minimum Gasteiger partial charge on any atom is -0.453 e. The first-order valence-corrected chi connectivity index (χ1v) is 8.71. The van der Waals surface area contributed by atoms with Gasteiger partial charge in [0.05, 0.1) is 24.7 Å². The van der Waals surface area contributed by atoms with Crippen LogP contribution in [0.5, 0.6) is 0 Å². The van der Waals surface area contributed by atoms with Gasteiger partial charge in [-0.05, 0) is 49.5 Å². The Morgan fingerprint density at radius 1 is 1.15 bits per heavy atom. The number of nitriles is 1. The zero-order valence-corrected chi connectivity index (χ0v) is 15.0. The fourth-order valence-corrected chi connectivity index (χ4v) is 3.28. The Labute approximate surface area is 155 Å². The van der Waals surface area contributed by atoms with Crippen molar-refractivity contribution in [3.8, 4) is 23.3 Å². The number of fused-ring (bicyclic) bond motifs is 1. The molecule has 2 aromatic heterocycles. The van der Waals surface area contributed by atoms with Gasteiger partial charge in [0, 0.05) is 5.39 Å². The van der Waals surface area contributed by atoms with Crippen molar-refractivity contribution in [2.75, 3.05) is 0 Å². The van der Waals surface area contributed by atoms with Gasteiger partial charge in [-0.25, -0.2) is 4.68 Å². The van der Waals surface area contributed by atoms with Gasteiger partial charge in [-0.1, -0.05) is 29.8 Å². The molecule has 0 radical (unpaired) electrons. The van der Waals surface area contributed by atoms with Crippen molar-refractivity contribution < 1.29 is 4.42 Å². The van der Waals surface area contributed by atoms with Crippen LogP contribution in [0.2, 0.25) is 0 Å². The summed E-state index contributed by atoms with van der Waals surface area (Å²) in [5.74, 6) is 1.28. The standard InChI is InChI=1S/C20H16N4OS/c1-14-8-9-17-15(12-14)13-18(25-17)19-22-23(11-5-10-21)20(26)24(19)16-6-3-2-4-7-16/h2-4,6-9,12-13H,5,11H2,1H3. The first kappa shape index (κ1) is 16.3. The second-order valence-electron chi connectivity index (χ2n) is 6.06. The lowest BCUT2D eigenvalue weighted by Gasteiger charge is -2.04. The molecule has 2 heterocycles. The van der Waals surface area contributed by atoms with E-state index in [4.69, 9.17) is 21.9 Å². The van der Waals surface area contributed by atoms with Crippen LogP contribution in [0.15, 0.2) is 59.0 Å². The van der Waals surface area contributed by atoms with Crippen LogP contribution in [0.3, 0.4) is 0 Å². The molecule has 4 aromatic rings. The van der Waals surface area contributed by atoms with Crippen LogP contribution in [0.25, 0.3) is 28.2 Å². The quantitative estimate of drug-likeness (QED) is 0.478. The molecule has 4 rings (SSSR count). The smallest absolute Gasteiger partial charge is 0.203 e. The number of aromatic nitrogens is 3. The van der Waals surface area contributed by atoms with Gasteiger partial charge < -0.3 is 4.42 Å². The molecule has 2 aromatic carbocycles. The third-order valence-electron chi connectivity index (χ3n) is 4.18. The van der Waals surface area contributed by atoms with E-state index < -0.39 is 0 Å². The molecule has 5 nitrogen and oxygen atoms in total. The van der Waals surface area contributed by atoms with Crippen molar-refractivity contribution in [3.63, 3.8) is 0 Å². The van der Waals surface area contributed by atoms with Crippen LogP contribution in [0.1, 0.15) is 12.0 Å². The van der Waals surface area contributed by atoms with E-state index in [1.165, 1.54) is 5.56 Å². The number of hydrogen-bond donors (Lipinski definition) is 0. The highest BCUT2D eigenvalue weighted by atomic mass is 32.1. The van der Waals surface area contributed by atoms with Gasteiger partial charge in [0.2, 0.25) is 10.6 Å². The summed E-state index contributed by atoms with van der Waals surface area (Å²) in [6.07, 6.45) is 0.346. The van der Waals surface area contributed by atoms with Gasteiger partial charge in [0.15, 0.2) is 5.76 Å². The summed E-state index contributed by atoms with van der Waals surface area (Å²) < 4.78 is 10.1. The van der Waals surface area contributed by atoms with Crippen molar-refractivity contribution in [1.82, 2.24) is 14.3 Å². The van der Waals surface area contributed by atoms with Gasteiger partial charge in [-0.2, -0.15) is 5.26 Å². The maximum absolute atomic E-state index is 8.90. The molecule has 0 atom stereocenters. The van der Waals surface area contributed by atoms with E-state index in [-0.39, 0.29) is 0 Å². The van der Waals surface area contributed by atoms with E-state index in [1.54, 1.807) is 4.68 Å². The highest BCUT2D eigenvalue weighted by Gasteiger charge is 2.18. The molecule has 0 N–H and O–H groups in total. The number of nitrogens with zero attached hydrogens (tertiary/aromatic N) is 4. The number of rotatable bonds is 4. The molecule has 0 amide bonds. The largest absolute Gasteiger partial charge is 0.453 e. The monoisotopic (exact) mass is 360 g/mol. The third kappa shape index (κ3) is 2.83. The molecule has 0 saturated heterocycles. The summed E-state index contributed by atoms with van der Waals surface area (Å²) in [6, 6.07) is 20.0. The summed E-state index contributed by atoms with van der Waals surface area (Å²) in [6.45, 7) is 2.50. The maximum Gasteiger partial charge on any atom is 0.203 e. The molecule has 0 fully saturated rings. The average molecular weight is 360 g/mol. The Hall–Kier alpha value is -3.17. The number of para-hydroxylation sites is 1. The number of furan rings is 1. The molecular formula is C20H16N4OS. The van der Waals surface area contributed by atoms with Crippen molar-refractivity contribution in [2.24, 2.45) is 0 Å². The fourth-order valence-electron chi connectivity index (χ4n) is 2.95. The molecule has 128 valence electrons. The zero-order valence-electron chi connectivity index (χ0n) is 14.2. The van der Waals surface area contributed by atoms with Crippen LogP contribution < -0.4 is 0 Å². The van der Waals surface area contributed by atoms with E-state index in [0.717, 1.165) is 16.7 Å². The molecule has 26 heavy (non-hydrogen) atoms. The molecule has 0 aliphatic carbocycles. The Bertz CT molecular complexity index is 1180. The first-order valence-electron chi connectivity index (χ1n) is 8.30. The number of aryl methyl sites for hydroxylation is 2. The second kappa shape index (κ2) is 6.62. The van der Waals surface area contributed by atoms with E-state index >= 15 is 0 Å². The topological polar surface area (TPSA) is 59.7 Å². The van der Waals surface area contributed by atoms with Gasteiger partial charge in [0.1, 0.15) is 5.58 Å². The predicted molar refractivity (Wildman–Crippen MR) is 103 cm³/mol. The van der Waals surface area contributed by atoms with Crippen LogP contribution in [0.4, 0.5) is 0 Å². The number of benzene rings is 2. The van der Waals surface area contributed by atoms with Crippen molar-refractivity contribution in [1.29, 1.82) is 5.26 Å². The van der Waals surface area contributed by atoms with Gasteiger partial charge in [-0.3, -0.25) is 4.57 Å². The van der Waals surface area contributed by atoms with Crippen LogP contribution in [0, 0.1) is 23.0 Å². The van der Waals surface area contributed by atoms with Crippen molar-refractivity contribution >= 4 is 23.2 Å². The lowest BCUT2D eigenvalue weighted by Crippen LogP contribution is -2.01. The summed E-state index contributed by atoms with van der Waals surface area (Å²) in [5, 5.41) is 14.6. The van der Waals surface area contributed by atoms with E-state index in [9.17, 15) is 0 Å². The molecule has 0 unspecified atom stereocenters. The van der Waals surface area contributed by atoms with E-state index in [1.807, 2.05) is 60.0 Å². The lowest BCUT2D eigenvalue weighted by molar-refractivity contribution is 0.603. The Kier molecular flexibility index (Phi) is 4.15. The lowest BCUT2D eigenvalue weighted by atomic mass is 10.2. The Morgan fingerprint density at radius 2 is 1.96 bits per heavy atom. The Balaban J connectivity index is 1.93. The van der Waals surface area contributed by atoms with Crippen molar-refractivity contribution in [3.05, 3.63) is 64.9 Å². The molecule has 0 bridgehead atoms. The predicted octanol–water partition coefficient (Wildman–Crippen LogP) is 5.04. The fraction of sp³-hybridized carbons (Fsp3) is 0.150. The summed E-state index contributed by atoms with van der Waals surface area (Å²) in [5.41, 5.74) is 2.89. The van der Waals surface area contributed by atoms with Gasteiger partial charge in [0.25, 0.3) is 0 Å². The molecule has 0 aliphatic heterocycles. The first-order chi connectivity index (χ1) is 12.7. The van der Waals surface area contributed by atoms with Crippen LogP contribution in [-0.4, -0.2) is 14.3 Å². The minimum atomic E-state index is 0.346. The molecule has 0 spiro atoms. The number of hydrogen-bond acceptors (Lipinski definition) is 4. The Morgan fingerprint density at radius 3 is 2.73 bits per heavy atom.